The lowest BCUT2D eigenvalue weighted by molar-refractivity contribution is 0.103. The Balaban J connectivity index is 2.29. The number of hydrogen-bond acceptors (Lipinski definition) is 2. The molecule has 0 saturated heterocycles. The van der Waals surface area contributed by atoms with E-state index < -0.39 is 0 Å². The number of rotatable bonds is 3. The fourth-order valence-electron chi connectivity index (χ4n) is 1.64. The summed E-state index contributed by atoms with van der Waals surface area (Å²) in [6, 6.07) is 16.2. The van der Waals surface area contributed by atoms with Crippen LogP contribution in [0, 0.1) is 0 Å². The number of hydrogen-bond donors (Lipinski definition) is 2. The fraction of sp³-hybridized carbons (Fsp3) is 0. The van der Waals surface area contributed by atoms with Crippen molar-refractivity contribution < 1.29 is 4.79 Å². The number of carbonyl (C=O) groups excluding carboxylic acids is 1. The molecule has 3 N–H and O–H groups in total. The molecule has 0 aliphatic carbocycles. The van der Waals surface area contributed by atoms with Crippen LogP contribution in [0.1, 0.15) is 15.9 Å². The molecule has 4 heteroatoms. The molecule has 2 aromatic rings. The largest absolute Gasteiger partial charge is 0.376 e. The SMILES string of the molecule is NC(=S)Nc1cccc(C(=O)c2ccccc2)c1. The molecule has 90 valence electrons. The van der Waals surface area contributed by atoms with E-state index in [-0.39, 0.29) is 10.9 Å². The van der Waals surface area contributed by atoms with E-state index in [4.69, 9.17) is 18.0 Å². The average molecular weight is 256 g/mol. The van der Waals surface area contributed by atoms with Gasteiger partial charge in [-0.2, -0.15) is 0 Å². The zero-order valence-electron chi connectivity index (χ0n) is 9.59. The van der Waals surface area contributed by atoms with Gasteiger partial charge in [-0.15, -0.1) is 0 Å². The van der Waals surface area contributed by atoms with Crippen LogP contribution in [0.2, 0.25) is 0 Å². The first-order chi connectivity index (χ1) is 8.66. The van der Waals surface area contributed by atoms with Gasteiger partial charge in [-0.25, -0.2) is 0 Å². The lowest BCUT2D eigenvalue weighted by Gasteiger charge is -2.06. The van der Waals surface area contributed by atoms with Crippen molar-refractivity contribution in [3.63, 3.8) is 0 Å². The smallest absolute Gasteiger partial charge is 0.193 e. The lowest BCUT2D eigenvalue weighted by atomic mass is 10.0. The van der Waals surface area contributed by atoms with Crippen LogP contribution in [0.4, 0.5) is 5.69 Å². The first-order valence-electron chi connectivity index (χ1n) is 5.43. The van der Waals surface area contributed by atoms with Gasteiger partial charge < -0.3 is 11.1 Å². The van der Waals surface area contributed by atoms with Crippen LogP contribution < -0.4 is 11.1 Å². The minimum absolute atomic E-state index is 0.0258. The first kappa shape index (κ1) is 12.3. The molecule has 0 fully saturated rings. The Kier molecular flexibility index (Phi) is 3.69. The number of nitrogens with one attached hydrogen (secondary N) is 1. The van der Waals surface area contributed by atoms with Gasteiger partial charge in [-0.05, 0) is 24.4 Å². The third kappa shape index (κ3) is 2.93. The molecule has 18 heavy (non-hydrogen) atoms. The molecule has 0 radical (unpaired) electrons. The summed E-state index contributed by atoms with van der Waals surface area (Å²) in [4.78, 5) is 12.2. The molecule has 0 unspecified atom stereocenters. The quantitative estimate of drug-likeness (QED) is 0.654. The maximum Gasteiger partial charge on any atom is 0.193 e. The predicted octanol–water partition coefficient (Wildman–Crippen LogP) is 2.57. The van der Waals surface area contributed by atoms with Gasteiger partial charge in [0.05, 0.1) is 0 Å². The van der Waals surface area contributed by atoms with E-state index in [9.17, 15) is 4.79 Å². The van der Waals surface area contributed by atoms with Crippen molar-refractivity contribution in [2.45, 2.75) is 0 Å². The second-order valence-electron chi connectivity index (χ2n) is 3.77. The molecule has 0 aliphatic heterocycles. The molecule has 3 nitrogen and oxygen atoms in total. The van der Waals surface area contributed by atoms with E-state index in [1.807, 2.05) is 18.2 Å². The summed E-state index contributed by atoms with van der Waals surface area (Å²) in [5, 5.41) is 2.99. The summed E-state index contributed by atoms with van der Waals surface area (Å²) in [6.07, 6.45) is 0. The van der Waals surface area contributed by atoms with Gasteiger partial charge in [-0.1, -0.05) is 42.5 Å². The maximum absolute atomic E-state index is 12.2. The van der Waals surface area contributed by atoms with Crippen LogP contribution in [0.3, 0.4) is 0 Å². The average Bonchev–Trinajstić information content (AvgIpc) is 2.38. The Labute approximate surface area is 111 Å². The summed E-state index contributed by atoms with van der Waals surface area (Å²) in [5.74, 6) is -0.0258. The highest BCUT2D eigenvalue weighted by atomic mass is 32.1. The van der Waals surface area contributed by atoms with Gasteiger partial charge in [0, 0.05) is 16.8 Å². The van der Waals surface area contributed by atoms with Crippen molar-refractivity contribution >= 4 is 28.8 Å². The number of benzene rings is 2. The van der Waals surface area contributed by atoms with E-state index in [2.05, 4.69) is 5.32 Å². The highest BCUT2D eigenvalue weighted by Crippen LogP contribution is 2.14. The second kappa shape index (κ2) is 5.42. The van der Waals surface area contributed by atoms with Gasteiger partial charge in [0.15, 0.2) is 10.9 Å². The summed E-state index contributed by atoms with van der Waals surface area (Å²) in [6.45, 7) is 0. The summed E-state index contributed by atoms with van der Waals surface area (Å²) in [7, 11) is 0. The van der Waals surface area contributed by atoms with Crippen LogP contribution in [-0.4, -0.2) is 10.9 Å². The third-order valence-electron chi connectivity index (χ3n) is 2.43. The highest BCUT2D eigenvalue weighted by molar-refractivity contribution is 7.80. The minimum Gasteiger partial charge on any atom is -0.376 e. The van der Waals surface area contributed by atoms with E-state index in [0.717, 1.165) is 0 Å². The molecule has 0 bridgehead atoms. The number of anilines is 1. The van der Waals surface area contributed by atoms with Gasteiger partial charge in [-0.3, -0.25) is 4.79 Å². The van der Waals surface area contributed by atoms with Crippen molar-refractivity contribution in [3.8, 4) is 0 Å². The van der Waals surface area contributed by atoms with E-state index >= 15 is 0 Å². The molecule has 0 heterocycles. The minimum atomic E-state index is -0.0258. The van der Waals surface area contributed by atoms with Crippen molar-refractivity contribution in [3.05, 3.63) is 65.7 Å². The Bertz CT molecular complexity index is 581. The molecule has 0 saturated carbocycles. The third-order valence-corrected chi connectivity index (χ3v) is 2.53. The zero-order valence-corrected chi connectivity index (χ0v) is 10.4. The fourth-order valence-corrected chi connectivity index (χ4v) is 1.75. The molecule has 0 aromatic heterocycles. The highest BCUT2D eigenvalue weighted by Gasteiger charge is 2.08. The topological polar surface area (TPSA) is 55.1 Å². The Morgan fingerprint density at radius 3 is 2.33 bits per heavy atom. The van der Waals surface area contributed by atoms with Gasteiger partial charge in [0.2, 0.25) is 0 Å². The Hall–Kier alpha value is -2.20. The number of nitrogens with two attached hydrogens (primary N) is 1. The maximum atomic E-state index is 12.2. The van der Waals surface area contributed by atoms with Crippen LogP contribution in [0.25, 0.3) is 0 Å². The Morgan fingerprint density at radius 1 is 1.00 bits per heavy atom. The summed E-state index contributed by atoms with van der Waals surface area (Å²) < 4.78 is 0. The first-order valence-corrected chi connectivity index (χ1v) is 5.84. The van der Waals surface area contributed by atoms with Crippen LogP contribution in [0.5, 0.6) is 0 Å². The monoisotopic (exact) mass is 256 g/mol. The number of thiocarbonyl (C=S) groups is 1. The molecule has 2 aromatic carbocycles. The molecule has 0 aliphatic rings. The predicted molar refractivity (Wildman–Crippen MR) is 76.7 cm³/mol. The summed E-state index contributed by atoms with van der Waals surface area (Å²) >= 11 is 4.76. The van der Waals surface area contributed by atoms with Crippen molar-refractivity contribution in [1.29, 1.82) is 0 Å². The van der Waals surface area contributed by atoms with Crippen molar-refractivity contribution in [2.75, 3.05) is 5.32 Å². The number of ketones is 1. The lowest BCUT2D eigenvalue weighted by Crippen LogP contribution is -2.19. The summed E-state index contributed by atoms with van der Waals surface area (Å²) in [5.41, 5.74) is 7.37. The molecule has 0 atom stereocenters. The molecule has 2 rings (SSSR count). The van der Waals surface area contributed by atoms with Crippen LogP contribution in [0.15, 0.2) is 54.6 Å². The van der Waals surface area contributed by atoms with Gasteiger partial charge in [0.25, 0.3) is 0 Å². The van der Waals surface area contributed by atoms with Crippen molar-refractivity contribution in [1.82, 2.24) is 0 Å². The van der Waals surface area contributed by atoms with Gasteiger partial charge in [0.1, 0.15) is 0 Å². The van der Waals surface area contributed by atoms with E-state index in [1.165, 1.54) is 0 Å². The Morgan fingerprint density at radius 2 is 1.67 bits per heavy atom. The standard InChI is InChI=1S/C14H12N2OS/c15-14(18)16-12-8-4-7-11(9-12)13(17)10-5-2-1-3-6-10/h1-9H,(H3,15,16,18). The second-order valence-corrected chi connectivity index (χ2v) is 4.21. The zero-order chi connectivity index (χ0) is 13.0. The molecular weight excluding hydrogens is 244 g/mol. The van der Waals surface area contributed by atoms with Crippen LogP contribution >= 0.6 is 12.2 Å². The van der Waals surface area contributed by atoms with E-state index in [0.29, 0.717) is 16.8 Å². The molecular formula is C14H12N2OS. The van der Waals surface area contributed by atoms with E-state index in [1.54, 1.807) is 36.4 Å². The molecule has 0 amide bonds. The number of carbonyl (C=O) groups is 1. The molecule has 0 spiro atoms. The van der Waals surface area contributed by atoms with Gasteiger partial charge >= 0.3 is 0 Å². The van der Waals surface area contributed by atoms with Crippen molar-refractivity contribution in [2.24, 2.45) is 5.73 Å². The van der Waals surface area contributed by atoms with Crippen LogP contribution in [-0.2, 0) is 0 Å². The normalized spacial score (nSPS) is 9.78.